The molecule has 11 heteroatoms. The molecule has 3 aromatic rings. The van der Waals surface area contributed by atoms with Gasteiger partial charge in [-0.2, -0.15) is 0 Å². The third kappa shape index (κ3) is 4.51. The van der Waals surface area contributed by atoms with E-state index in [1.807, 2.05) is 18.2 Å². The minimum atomic E-state index is -0.822. The number of nitro benzene ring substituents is 1. The number of hydrogen-bond donors (Lipinski definition) is 1. The number of nitrogens with zero attached hydrogens (tertiary/aromatic N) is 3. The van der Waals surface area contributed by atoms with Gasteiger partial charge in [-0.3, -0.25) is 24.8 Å². The maximum absolute atomic E-state index is 12.0. The zero-order valence-corrected chi connectivity index (χ0v) is 17.0. The van der Waals surface area contributed by atoms with E-state index in [1.165, 1.54) is 19.2 Å². The van der Waals surface area contributed by atoms with Crippen molar-refractivity contribution in [1.29, 1.82) is 0 Å². The average molecular weight is 430 g/mol. The molecule has 1 N–H and O–H groups in total. The van der Waals surface area contributed by atoms with Gasteiger partial charge in [0, 0.05) is 12.1 Å². The van der Waals surface area contributed by atoms with Gasteiger partial charge >= 0.3 is 6.09 Å². The first-order valence-corrected chi connectivity index (χ1v) is 9.82. The highest BCUT2D eigenvalue weighted by atomic mass is 32.2. The smallest absolute Gasteiger partial charge is 0.413 e. The normalized spacial score (nSPS) is 10.6. The van der Waals surface area contributed by atoms with Gasteiger partial charge in [0.15, 0.2) is 5.16 Å². The Kier molecular flexibility index (Phi) is 6.52. The van der Waals surface area contributed by atoms with Crippen LogP contribution in [0.4, 0.5) is 10.5 Å². The first-order chi connectivity index (χ1) is 14.4. The van der Waals surface area contributed by atoms with E-state index >= 15 is 0 Å². The van der Waals surface area contributed by atoms with Crippen LogP contribution in [0.2, 0.25) is 0 Å². The van der Waals surface area contributed by atoms with Crippen LogP contribution in [0.1, 0.15) is 6.92 Å². The van der Waals surface area contributed by atoms with Crippen molar-refractivity contribution < 1.29 is 24.0 Å². The largest absolute Gasteiger partial charge is 0.495 e. The number of rotatable bonds is 7. The number of para-hydroxylation sites is 2. The lowest BCUT2D eigenvalue weighted by atomic mass is 10.2. The maximum atomic E-state index is 12.0. The van der Waals surface area contributed by atoms with Gasteiger partial charge in [-0.1, -0.05) is 23.9 Å². The summed E-state index contributed by atoms with van der Waals surface area (Å²) in [5.41, 5.74) is 1.57. The van der Waals surface area contributed by atoms with Crippen molar-refractivity contribution >= 4 is 40.5 Å². The molecule has 0 saturated carbocycles. The van der Waals surface area contributed by atoms with E-state index in [2.05, 4.69) is 10.3 Å². The van der Waals surface area contributed by atoms with Crippen molar-refractivity contribution in [2.45, 2.75) is 12.1 Å². The summed E-state index contributed by atoms with van der Waals surface area (Å²) >= 11 is 1.08. The number of amides is 2. The Hall–Kier alpha value is -3.60. The number of carbonyl (C=O) groups is 2. The average Bonchev–Trinajstić information content (AvgIpc) is 3.09. The molecule has 1 aromatic heterocycles. The standard InChI is InChI=1S/C19H18N4O6S/c1-3-29-19(25)21-17(24)11-30-18-20-13-10-12(23(26)27)8-9-14(13)22(18)15-6-4-5-7-16(15)28-2/h4-10H,3,11H2,1-2H3,(H,21,24,25). The molecule has 0 fully saturated rings. The quantitative estimate of drug-likeness (QED) is 0.344. The highest BCUT2D eigenvalue weighted by molar-refractivity contribution is 7.99. The fourth-order valence-electron chi connectivity index (χ4n) is 2.75. The summed E-state index contributed by atoms with van der Waals surface area (Å²) in [7, 11) is 1.53. The first kappa shape index (κ1) is 21.1. The van der Waals surface area contributed by atoms with Crippen LogP contribution in [0.5, 0.6) is 5.75 Å². The third-order valence-electron chi connectivity index (χ3n) is 3.99. The van der Waals surface area contributed by atoms with Gasteiger partial charge in [-0.05, 0) is 25.1 Å². The number of imidazole rings is 1. The van der Waals surface area contributed by atoms with Gasteiger partial charge in [-0.25, -0.2) is 9.78 Å². The van der Waals surface area contributed by atoms with Crippen molar-refractivity contribution in [2.24, 2.45) is 0 Å². The van der Waals surface area contributed by atoms with Crippen LogP contribution < -0.4 is 10.1 Å². The van der Waals surface area contributed by atoms with Crippen LogP contribution in [0.15, 0.2) is 47.6 Å². The van der Waals surface area contributed by atoms with E-state index in [9.17, 15) is 19.7 Å². The minimum Gasteiger partial charge on any atom is -0.495 e. The summed E-state index contributed by atoms with van der Waals surface area (Å²) < 4.78 is 11.9. The number of thioether (sulfide) groups is 1. The molecule has 30 heavy (non-hydrogen) atoms. The monoisotopic (exact) mass is 430 g/mol. The molecule has 1 heterocycles. The summed E-state index contributed by atoms with van der Waals surface area (Å²) in [4.78, 5) is 38.6. The van der Waals surface area contributed by atoms with Crippen LogP contribution in [0.25, 0.3) is 16.7 Å². The van der Waals surface area contributed by atoms with E-state index < -0.39 is 16.9 Å². The number of nitrogens with one attached hydrogen (secondary N) is 1. The molecule has 0 aliphatic rings. The highest BCUT2D eigenvalue weighted by Crippen LogP contribution is 2.33. The number of alkyl carbamates (subject to hydrolysis) is 1. The highest BCUT2D eigenvalue weighted by Gasteiger charge is 2.20. The summed E-state index contributed by atoms with van der Waals surface area (Å²) in [5.74, 6) is -0.102. The molecule has 10 nitrogen and oxygen atoms in total. The number of hydrogen-bond acceptors (Lipinski definition) is 8. The SMILES string of the molecule is CCOC(=O)NC(=O)CSc1nc2cc([N+](=O)[O-])ccc2n1-c1ccccc1OC. The predicted octanol–water partition coefficient (Wildman–Crippen LogP) is 3.31. The Morgan fingerprint density at radius 1 is 1.27 bits per heavy atom. The van der Waals surface area contributed by atoms with Crippen LogP contribution in [-0.2, 0) is 9.53 Å². The van der Waals surface area contributed by atoms with E-state index in [0.717, 1.165) is 11.8 Å². The molecule has 0 spiro atoms. The number of aromatic nitrogens is 2. The molecule has 0 unspecified atom stereocenters. The predicted molar refractivity (Wildman–Crippen MR) is 110 cm³/mol. The number of non-ortho nitro benzene ring substituents is 1. The number of nitro groups is 1. The third-order valence-corrected chi connectivity index (χ3v) is 4.93. The lowest BCUT2D eigenvalue weighted by Gasteiger charge is -2.12. The lowest BCUT2D eigenvalue weighted by molar-refractivity contribution is -0.384. The molecular weight excluding hydrogens is 412 g/mol. The van der Waals surface area contributed by atoms with Crippen molar-refractivity contribution in [1.82, 2.24) is 14.9 Å². The zero-order chi connectivity index (χ0) is 21.7. The minimum absolute atomic E-state index is 0.0937. The fraction of sp³-hybridized carbons (Fsp3) is 0.211. The van der Waals surface area contributed by atoms with E-state index in [1.54, 1.807) is 23.6 Å². The van der Waals surface area contributed by atoms with Crippen LogP contribution in [-0.4, -0.2) is 45.9 Å². The zero-order valence-electron chi connectivity index (χ0n) is 16.2. The molecule has 0 atom stereocenters. The number of methoxy groups -OCH3 is 1. The lowest BCUT2D eigenvalue weighted by Crippen LogP contribution is -2.32. The molecule has 0 saturated heterocycles. The number of fused-ring (bicyclic) bond motifs is 1. The Morgan fingerprint density at radius 3 is 2.73 bits per heavy atom. The Bertz CT molecular complexity index is 1110. The Balaban J connectivity index is 2.00. The van der Waals surface area contributed by atoms with Crippen LogP contribution in [0.3, 0.4) is 0 Å². The van der Waals surface area contributed by atoms with Gasteiger partial charge in [0.1, 0.15) is 5.75 Å². The van der Waals surface area contributed by atoms with Gasteiger partial charge in [0.25, 0.3) is 5.69 Å². The van der Waals surface area contributed by atoms with E-state index in [4.69, 9.17) is 9.47 Å². The number of carbonyl (C=O) groups excluding carboxylic acids is 2. The van der Waals surface area contributed by atoms with Crippen LogP contribution in [0, 0.1) is 10.1 Å². The van der Waals surface area contributed by atoms with Crippen molar-refractivity contribution in [3.63, 3.8) is 0 Å². The molecule has 2 aromatic carbocycles. The molecule has 0 radical (unpaired) electrons. The number of ether oxygens (including phenoxy) is 2. The second kappa shape index (κ2) is 9.27. The second-order valence-electron chi connectivity index (χ2n) is 5.89. The van der Waals surface area contributed by atoms with Gasteiger partial charge in [-0.15, -0.1) is 0 Å². The van der Waals surface area contributed by atoms with E-state index in [-0.39, 0.29) is 18.0 Å². The van der Waals surface area contributed by atoms with Gasteiger partial charge in [0.2, 0.25) is 5.91 Å². The molecule has 3 rings (SSSR count). The molecule has 0 aliphatic heterocycles. The Morgan fingerprint density at radius 2 is 2.03 bits per heavy atom. The molecule has 0 bridgehead atoms. The number of benzene rings is 2. The fourth-order valence-corrected chi connectivity index (χ4v) is 3.57. The van der Waals surface area contributed by atoms with Crippen LogP contribution >= 0.6 is 11.8 Å². The van der Waals surface area contributed by atoms with Crippen molar-refractivity contribution in [3.05, 3.63) is 52.6 Å². The van der Waals surface area contributed by atoms with Crippen molar-refractivity contribution in [2.75, 3.05) is 19.5 Å². The molecule has 0 aliphatic carbocycles. The number of imide groups is 1. The second-order valence-corrected chi connectivity index (χ2v) is 6.83. The summed E-state index contributed by atoms with van der Waals surface area (Å²) in [6, 6.07) is 11.6. The summed E-state index contributed by atoms with van der Waals surface area (Å²) in [6.45, 7) is 1.78. The molecular formula is C19H18N4O6S. The Labute approximate surface area is 175 Å². The first-order valence-electron chi connectivity index (χ1n) is 8.84. The van der Waals surface area contributed by atoms with E-state index in [0.29, 0.717) is 27.6 Å². The molecule has 2 amide bonds. The summed E-state index contributed by atoms with van der Waals surface area (Å²) in [6.07, 6.45) is -0.822. The summed E-state index contributed by atoms with van der Waals surface area (Å²) in [5, 5.41) is 13.7. The van der Waals surface area contributed by atoms with Gasteiger partial charge < -0.3 is 9.47 Å². The van der Waals surface area contributed by atoms with Crippen molar-refractivity contribution in [3.8, 4) is 11.4 Å². The van der Waals surface area contributed by atoms with Gasteiger partial charge in [0.05, 0.1) is 41.1 Å². The maximum Gasteiger partial charge on any atom is 0.413 e. The molecule has 156 valence electrons. The topological polar surface area (TPSA) is 126 Å².